The molecule has 0 spiro atoms. The van der Waals surface area contributed by atoms with Gasteiger partial charge in [0.05, 0.1) is 6.61 Å². The molecule has 52 valence electrons. The van der Waals surface area contributed by atoms with Crippen LogP contribution in [0, 0.1) is 0 Å². The highest BCUT2D eigenvalue weighted by Crippen LogP contribution is 1.94. The van der Waals surface area contributed by atoms with E-state index < -0.39 is 18.8 Å². The standard InChI is InChI=1S/C5H6F2O2/c6-5(7)4(9)2-1-3-8/h1-2,5,8H,3H2. The maximum Gasteiger partial charge on any atom is 0.299 e. The van der Waals surface area contributed by atoms with Gasteiger partial charge in [-0.3, -0.25) is 4.79 Å². The van der Waals surface area contributed by atoms with Crippen molar-refractivity contribution in [3.63, 3.8) is 0 Å². The number of alkyl halides is 2. The molecule has 0 saturated carbocycles. The summed E-state index contributed by atoms with van der Waals surface area (Å²) >= 11 is 0. The molecule has 0 aliphatic rings. The number of rotatable bonds is 3. The van der Waals surface area contributed by atoms with Crippen LogP contribution in [0.4, 0.5) is 8.78 Å². The van der Waals surface area contributed by atoms with E-state index in [1.807, 2.05) is 0 Å². The second-order valence-corrected chi connectivity index (χ2v) is 1.29. The third-order valence-corrected chi connectivity index (χ3v) is 0.603. The van der Waals surface area contributed by atoms with Crippen molar-refractivity contribution in [3.8, 4) is 0 Å². The Kier molecular flexibility index (Phi) is 3.79. The molecule has 0 bridgehead atoms. The molecule has 1 N–H and O–H groups in total. The molecule has 0 aromatic rings. The van der Waals surface area contributed by atoms with Crippen molar-refractivity contribution in [1.29, 1.82) is 0 Å². The molecule has 4 heteroatoms. The first-order chi connectivity index (χ1) is 4.18. The number of ketones is 1. The van der Waals surface area contributed by atoms with Crippen molar-refractivity contribution in [3.05, 3.63) is 12.2 Å². The predicted octanol–water partition coefficient (Wildman–Crippen LogP) is 0.369. The van der Waals surface area contributed by atoms with Gasteiger partial charge in [0, 0.05) is 0 Å². The van der Waals surface area contributed by atoms with Crippen LogP contribution in [0.25, 0.3) is 0 Å². The summed E-state index contributed by atoms with van der Waals surface area (Å²) in [5.74, 6) is -1.27. The van der Waals surface area contributed by atoms with Gasteiger partial charge in [-0.05, 0) is 6.08 Å². The number of allylic oxidation sites excluding steroid dienone is 1. The van der Waals surface area contributed by atoms with Crippen LogP contribution in [0.5, 0.6) is 0 Å². The molecular formula is C5H6F2O2. The monoisotopic (exact) mass is 136 g/mol. The highest BCUT2D eigenvalue weighted by atomic mass is 19.3. The molecular weight excluding hydrogens is 130 g/mol. The van der Waals surface area contributed by atoms with Crippen molar-refractivity contribution in [2.24, 2.45) is 0 Å². The first kappa shape index (κ1) is 8.23. The Labute approximate surface area is 50.8 Å². The molecule has 0 radical (unpaired) electrons. The quantitative estimate of drug-likeness (QED) is 0.569. The summed E-state index contributed by atoms with van der Waals surface area (Å²) in [7, 11) is 0. The van der Waals surface area contributed by atoms with E-state index in [0.29, 0.717) is 6.08 Å². The summed E-state index contributed by atoms with van der Waals surface area (Å²) in [6, 6.07) is 0. The van der Waals surface area contributed by atoms with Gasteiger partial charge < -0.3 is 5.11 Å². The van der Waals surface area contributed by atoms with E-state index in [-0.39, 0.29) is 0 Å². The molecule has 0 aromatic heterocycles. The third-order valence-electron chi connectivity index (χ3n) is 0.603. The minimum absolute atomic E-state index is 0.390. The van der Waals surface area contributed by atoms with Crippen LogP contribution in [-0.4, -0.2) is 23.9 Å². The first-order valence-electron chi connectivity index (χ1n) is 2.28. The van der Waals surface area contributed by atoms with Crippen molar-refractivity contribution in [2.75, 3.05) is 6.61 Å². The Morgan fingerprint density at radius 2 is 2.22 bits per heavy atom. The summed E-state index contributed by atoms with van der Waals surface area (Å²) in [4.78, 5) is 9.95. The molecule has 0 unspecified atom stereocenters. The number of carbonyl (C=O) groups excluding carboxylic acids is 1. The van der Waals surface area contributed by atoms with Crippen molar-refractivity contribution in [1.82, 2.24) is 0 Å². The maximum absolute atomic E-state index is 11.3. The summed E-state index contributed by atoms with van der Waals surface area (Å²) in [6.45, 7) is -0.390. The fourth-order valence-corrected chi connectivity index (χ4v) is 0.242. The van der Waals surface area contributed by atoms with Gasteiger partial charge in [-0.1, -0.05) is 6.08 Å². The lowest BCUT2D eigenvalue weighted by Crippen LogP contribution is -2.05. The van der Waals surface area contributed by atoms with Gasteiger partial charge in [0.1, 0.15) is 0 Å². The van der Waals surface area contributed by atoms with Gasteiger partial charge >= 0.3 is 0 Å². The Balaban J connectivity index is 3.63. The van der Waals surface area contributed by atoms with Gasteiger partial charge in [0.2, 0.25) is 5.78 Å². The first-order valence-corrected chi connectivity index (χ1v) is 2.28. The molecule has 0 atom stereocenters. The van der Waals surface area contributed by atoms with E-state index in [1.54, 1.807) is 0 Å². The van der Waals surface area contributed by atoms with Gasteiger partial charge in [-0.15, -0.1) is 0 Å². The highest BCUT2D eigenvalue weighted by Gasteiger charge is 2.09. The SMILES string of the molecule is O=C(C=CCO)C(F)F. The Morgan fingerprint density at radius 3 is 2.56 bits per heavy atom. The van der Waals surface area contributed by atoms with Gasteiger partial charge in [-0.25, -0.2) is 8.78 Å². The van der Waals surface area contributed by atoms with Crippen molar-refractivity contribution < 1.29 is 18.7 Å². The molecule has 0 aliphatic carbocycles. The smallest absolute Gasteiger partial charge is 0.299 e. The molecule has 0 heterocycles. The molecule has 0 saturated heterocycles. The second-order valence-electron chi connectivity index (χ2n) is 1.29. The van der Waals surface area contributed by atoms with Crippen LogP contribution in [0.1, 0.15) is 0 Å². The molecule has 0 aliphatic heterocycles. The van der Waals surface area contributed by atoms with E-state index in [9.17, 15) is 13.6 Å². The number of hydrogen-bond donors (Lipinski definition) is 1. The zero-order chi connectivity index (χ0) is 7.28. The number of carbonyl (C=O) groups is 1. The zero-order valence-corrected chi connectivity index (χ0v) is 4.55. The van der Waals surface area contributed by atoms with Crippen molar-refractivity contribution >= 4 is 5.78 Å². The minimum atomic E-state index is -2.97. The Bertz CT molecular complexity index is 120. The summed E-state index contributed by atoms with van der Waals surface area (Å²) in [5.41, 5.74) is 0. The molecule has 0 fully saturated rings. The Hall–Kier alpha value is -0.770. The van der Waals surface area contributed by atoms with Crippen LogP contribution >= 0.6 is 0 Å². The zero-order valence-electron chi connectivity index (χ0n) is 4.55. The fraction of sp³-hybridized carbons (Fsp3) is 0.400. The van der Waals surface area contributed by atoms with E-state index in [4.69, 9.17) is 5.11 Å². The molecule has 0 rings (SSSR count). The topological polar surface area (TPSA) is 37.3 Å². The van der Waals surface area contributed by atoms with Gasteiger partial charge in [-0.2, -0.15) is 0 Å². The van der Waals surface area contributed by atoms with Crippen molar-refractivity contribution in [2.45, 2.75) is 6.43 Å². The lowest BCUT2D eigenvalue weighted by atomic mass is 10.4. The molecule has 9 heavy (non-hydrogen) atoms. The second kappa shape index (κ2) is 4.14. The normalized spacial score (nSPS) is 11.1. The summed E-state index contributed by atoms with van der Waals surface area (Å²) in [5, 5.41) is 8.01. The maximum atomic E-state index is 11.3. The molecule has 2 nitrogen and oxygen atoms in total. The predicted molar refractivity (Wildman–Crippen MR) is 27.2 cm³/mol. The molecule has 0 aromatic carbocycles. The minimum Gasteiger partial charge on any atom is -0.392 e. The summed E-state index contributed by atoms with van der Waals surface area (Å²) in [6.07, 6.45) is -1.34. The van der Waals surface area contributed by atoms with Crippen LogP contribution in [0.15, 0.2) is 12.2 Å². The highest BCUT2D eigenvalue weighted by molar-refractivity contribution is 5.92. The van der Waals surface area contributed by atoms with E-state index >= 15 is 0 Å². The van der Waals surface area contributed by atoms with E-state index in [1.165, 1.54) is 0 Å². The van der Waals surface area contributed by atoms with Gasteiger partial charge in [0.15, 0.2) is 0 Å². The van der Waals surface area contributed by atoms with E-state index in [0.717, 1.165) is 6.08 Å². The third kappa shape index (κ3) is 3.78. The van der Waals surface area contributed by atoms with Crippen LogP contribution in [-0.2, 0) is 4.79 Å². The lowest BCUT2D eigenvalue weighted by molar-refractivity contribution is -0.124. The van der Waals surface area contributed by atoms with Crippen LogP contribution in [0.3, 0.4) is 0 Å². The average molecular weight is 136 g/mol. The lowest BCUT2D eigenvalue weighted by Gasteiger charge is -1.87. The van der Waals surface area contributed by atoms with E-state index in [2.05, 4.69) is 0 Å². The van der Waals surface area contributed by atoms with Crippen LogP contribution in [0.2, 0.25) is 0 Å². The molecule has 0 amide bonds. The number of aliphatic hydroxyl groups is 1. The number of halogens is 2. The summed E-state index contributed by atoms with van der Waals surface area (Å²) < 4.78 is 22.5. The number of aliphatic hydroxyl groups excluding tert-OH is 1. The average Bonchev–Trinajstić information content (AvgIpc) is 1.82. The van der Waals surface area contributed by atoms with Gasteiger partial charge in [0.25, 0.3) is 6.43 Å². The fourth-order valence-electron chi connectivity index (χ4n) is 0.242. The number of hydrogen-bond acceptors (Lipinski definition) is 2. The Morgan fingerprint density at radius 1 is 1.67 bits per heavy atom. The van der Waals surface area contributed by atoms with Crippen LogP contribution < -0.4 is 0 Å². The largest absolute Gasteiger partial charge is 0.392 e.